The summed E-state index contributed by atoms with van der Waals surface area (Å²) < 4.78 is 5.21. The molecule has 1 aromatic rings. The molecule has 0 radical (unpaired) electrons. The zero-order chi connectivity index (χ0) is 9.97. The molecule has 0 unspecified atom stereocenters. The second kappa shape index (κ2) is 3.33. The van der Waals surface area contributed by atoms with Gasteiger partial charge in [0.2, 0.25) is 6.41 Å². The summed E-state index contributed by atoms with van der Waals surface area (Å²) >= 11 is 0. The Labute approximate surface area is 80.4 Å². The average molecular weight is 189 g/mol. The van der Waals surface area contributed by atoms with Gasteiger partial charge in [-0.15, -0.1) is 0 Å². The molecule has 0 fully saturated rings. The van der Waals surface area contributed by atoms with Crippen molar-refractivity contribution in [2.75, 3.05) is 4.90 Å². The van der Waals surface area contributed by atoms with E-state index in [1.165, 1.54) is 11.1 Å². The first-order valence-electron chi connectivity index (χ1n) is 4.02. The van der Waals surface area contributed by atoms with Crippen LogP contribution in [0.4, 0.5) is 5.69 Å². The number of benzene rings is 1. The molecule has 0 bridgehead atoms. The smallest absolute Gasteiger partial charge is 0.218 e. The lowest BCUT2D eigenvalue weighted by molar-refractivity contribution is -0.107. The van der Waals surface area contributed by atoms with E-state index in [4.69, 9.17) is 4.74 Å². The largest absolute Gasteiger partial charge is 0.450 e. The number of amides is 1. The molecule has 0 saturated carbocycles. The van der Waals surface area contributed by atoms with Gasteiger partial charge in [-0.3, -0.25) is 14.5 Å². The van der Waals surface area contributed by atoms with Crippen LogP contribution in [-0.4, -0.2) is 12.7 Å². The Kier molecular flexibility index (Phi) is 2.02. The molecular weight excluding hydrogens is 182 g/mol. The number of rotatable bonds is 2. The van der Waals surface area contributed by atoms with Gasteiger partial charge in [-0.1, -0.05) is 12.1 Å². The van der Waals surface area contributed by atoms with Crippen molar-refractivity contribution in [1.82, 2.24) is 0 Å². The molecule has 1 amide bonds. The molecule has 1 aliphatic heterocycles. The summed E-state index contributed by atoms with van der Waals surface area (Å²) in [5.41, 5.74) is 0.633. The highest BCUT2D eigenvalue weighted by atomic mass is 16.5. The zero-order valence-electron chi connectivity index (χ0n) is 7.21. The lowest BCUT2D eigenvalue weighted by atomic mass is 10.2. The van der Waals surface area contributed by atoms with Crippen molar-refractivity contribution in [3.63, 3.8) is 0 Å². The monoisotopic (exact) mass is 189 g/mol. The molecule has 0 spiro atoms. The van der Waals surface area contributed by atoms with E-state index in [0.29, 0.717) is 24.1 Å². The van der Waals surface area contributed by atoms with E-state index in [9.17, 15) is 9.59 Å². The van der Waals surface area contributed by atoms with Crippen LogP contribution in [0, 0.1) is 0 Å². The third-order valence-electron chi connectivity index (χ3n) is 1.87. The van der Waals surface area contributed by atoms with Crippen molar-refractivity contribution in [3.8, 4) is 5.75 Å². The van der Waals surface area contributed by atoms with Crippen LogP contribution in [0.15, 0.2) is 36.2 Å². The van der Waals surface area contributed by atoms with Crippen molar-refractivity contribution in [3.05, 3.63) is 36.2 Å². The zero-order valence-corrected chi connectivity index (χ0v) is 7.21. The van der Waals surface area contributed by atoms with Gasteiger partial charge in [-0.25, -0.2) is 0 Å². The maximum atomic E-state index is 10.7. The quantitative estimate of drug-likeness (QED) is 0.654. The Morgan fingerprint density at radius 2 is 2.00 bits per heavy atom. The van der Waals surface area contributed by atoms with Crippen LogP contribution in [0.3, 0.4) is 0 Å². The lowest BCUT2D eigenvalue weighted by Crippen LogP contribution is -2.20. The van der Waals surface area contributed by atoms with Gasteiger partial charge in [0.1, 0.15) is 0 Å². The van der Waals surface area contributed by atoms with E-state index in [0.717, 1.165) is 0 Å². The maximum absolute atomic E-state index is 10.7. The Morgan fingerprint density at radius 1 is 1.21 bits per heavy atom. The predicted octanol–water partition coefficient (Wildman–Crippen LogP) is 1.08. The third kappa shape index (κ3) is 1.26. The first-order chi connectivity index (χ1) is 6.85. The molecule has 0 aromatic heterocycles. The van der Waals surface area contributed by atoms with Crippen molar-refractivity contribution in [2.24, 2.45) is 0 Å². The minimum Gasteiger partial charge on any atom is -0.450 e. The number of carbonyl (C=O) groups excluding carboxylic acids is 2. The van der Waals surface area contributed by atoms with Gasteiger partial charge >= 0.3 is 0 Å². The fourth-order valence-electron chi connectivity index (χ4n) is 1.26. The molecule has 1 aromatic carbocycles. The van der Waals surface area contributed by atoms with Gasteiger partial charge in [0.25, 0.3) is 0 Å². The van der Waals surface area contributed by atoms with E-state index >= 15 is 0 Å². The summed E-state index contributed by atoms with van der Waals surface area (Å²) in [6.45, 7) is 0. The SMILES string of the molecule is O=CC1=CN(C=O)c2ccccc2O1. The van der Waals surface area contributed by atoms with E-state index < -0.39 is 0 Å². The molecule has 0 N–H and O–H groups in total. The molecule has 1 heterocycles. The first-order valence-corrected chi connectivity index (χ1v) is 4.02. The van der Waals surface area contributed by atoms with E-state index in [1.54, 1.807) is 24.3 Å². The number of para-hydroxylation sites is 2. The molecule has 2 rings (SSSR count). The van der Waals surface area contributed by atoms with Gasteiger partial charge < -0.3 is 4.74 Å². The summed E-state index contributed by atoms with van der Waals surface area (Å²) in [4.78, 5) is 22.5. The van der Waals surface area contributed by atoms with Crippen molar-refractivity contribution >= 4 is 18.4 Å². The number of nitrogens with zero attached hydrogens (tertiary/aromatic N) is 1. The van der Waals surface area contributed by atoms with Crippen LogP contribution in [-0.2, 0) is 9.59 Å². The number of hydrogen-bond acceptors (Lipinski definition) is 3. The first kappa shape index (κ1) is 8.50. The molecule has 0 aliphatic carbocycles. The Balaban J connectivity index is 2.49. The number of fused-ring (bicyclic) bond motifs is 1. The summed E-state index contributed by atoms with van der Waals surface area (Å²) in [6, 6.07) is 7.00. The van der Waals surface area contributed by atoms with Crippen LogP contribution in [0.5, 0.6) is 5.75 Å². The molecule has 4 heteroatoms. The minimum absolute atomic E-state index is 0.121. The number of anilines is 1. The summed E-state index contributed by atoms with van der Waals surface area (Å²) in [7, 11) is 0. The summed E-state index contributed by atoms with van der Waals surface area (Å²) in [5, 5.41) is 0. The minimum atomic E-state index is 0.121. The molecule has 0 saturated heterocycles. The number of ether oxygens (including phenoxy) is 1. The number of allylic oxidation sites excluding steroid dienone is 1. The second-order valence-corrected chi connectivity index (χ2v) is 2.73. The fraction of sp³-hybridized carbons (Fsp3) is 0. The molecule has 1 aliphatic rings. The van der Waals surface area contributed by atoms with Crippen LogP contribution < -0.4 is 9.64 Å². The number of aldehydes is 1. The van der Waals surface area contributed by atoms with Gasteiger partial charge in [0.05, 0.1) is 11.9 Å². The average Bonchev–Trinajstić information content (AvgIpc) is 2.27. The topological polar surface area (TPSA) is 46.6 Å². The predicted molar refractivity (Wildman–Crippen MR) is 49.8 cm³/mol. The molecule has 70 valence electrons. The van der Waals surface area contributed by atoms with Crippen molar-refractivity contribution < 1.29 is 14.3 Å². The molecule has 0 atom stereocenters. The highest BCUT2D eigenvalue weighted by molar-refractivity contribution is 5.86. The molecule has 4 nitrogen and oxygen atoms in total. The Hall–Kier alpha value is -2.10. The van der Waals surface area contributed by atoms with Crippen LogP contribution >= 0.6 is 0 Å². The normalized spacial score (nSPS) is 13.7. The summed E-state index contributed by atoms with van der Waals surface area (Å²) in [5.74, 6) is 0.625. The van der Waals surface area contributed by atoms with Gasteiger partial charge in [0, 0.05) is 0 Å². The maximum Gasteiger partial charge on any atom is 0.218 e. The van der Waals surface area contributed by atoms with Crippen molar-refractivity contribution in [1.29, 1.82) is 0 Å². The summed E-state index contributed by atoms with van der Waals surface area (Å²) in [6.07, 6.45) is 2.54. The van der Waals surface area contributed by atoms with Gasteiger partial charge in [0.15, 0.2) is 17.8 Å². The van der Waals surface area contributed by atoms with Gasteiger partial charge in [-0.2, -0.15) is 0 Å². The molecule has 14 heavy (non-hydrogen) atoms. The number of hydrogen-bond donors (Lipinski definition) is 0. The molecular formula is C10H7NO3. The standard InChI is InChI=1S/C10H7NO3/c12-6-8-5-11(7-13)9-3-1-2-4-10(9)14-8/h1-7H. The van der Waals surface area contributed by atoms with Gasteiger partial charge in [-0.05, 0) is 12.1 Å². The van der Waals surface area contributed by atoms with Crippen LogP contribution in [0.1, 0.15) is 0 Å². The van der Waals surface area contributed by atoms with E-state index in [-0.39, 0.29) is 5.76 Å². The highest BCUT2D eigenvalue weighted by Gasteiger charge is 2.17. The lowest BCUT2D eigenvalue weighted by Gasteiger charge is -2.22. The van der Waals surface area contributed by atoms with Crippen molar-refractivity contribution in [2.45, 2.75) is 0 Å². The number of carbonyl (C=O) groups is 2. The van der Waals surface area contributed by atoms with E-state index in [1.807, 2.05) is 0 Å². The highest BCUT2D eigenvalue weighted by Crippen LogP contribution is 2.32. The Morgan fingerprint density at radius 3 is 2.71 bits per heavy atom. The van der Waals surface area contributed by atoms with Crippen LogP contribution in [0.25, 0.3) is 0 Å². The second-order valence-electron chi connectivity index (χ2n) is 2.73. The third-order valence-corrected chi connectivity index (χ3v) is 1.87. The van der Waals surface area contributed by atoms with E-state index in [2.05, 4.69) is 0 Å². The van der Waals surface area contributed by atoms with Crippen LogP contribution in [0.2, 0.25) is 0 Å². The fourth-order valence-corrected chi connectivity index (χ4v) is 1.26. The Bertz CT molecular complexity index is 412.